The molecule has 0 aliphatic heterocycles. The minimum Gasteiger partial charge on any atom is -0.399 e. The first-order valence-electron chi connectivity index (χ1n) is 5.29. The Morgan fingerprint density at radius 1 is 1.06 bits per heavy atom. The Bertz CT molecular complexity index is 523. The van der Waals surface area contributed by atoms with Crippen molar-refractivity contribution in [1.29, 1.82) is 0 Å². The summed E-state index contributed by atoms with van der Waals surface area (Å²) in [5.41, 5.74) is 6.03. The normalized spacial score (nSPS) is 10.9. The second-order valence-corrected chi connectivity index (χ2v) is 5.83. The second-order valence-electron chi connectivity index (χ2n) is 4.22. The fraction of sp³-hybridized carbons (Fsp3) is 0.364. The van der Waals surface area contributed by atoms with Crippen molar-refractivity contribution >= 4 is 21.7 Å². The Kier molecular flexibility index (Phi) is 4.18. The molecule has 0 amide bonds. The van der Waals surface area contributed by atoms with E-state index in [1.807, 2.05) is 0 Å². The summed E-state index contributed by atoms with van der Waals surface area (Å²) < 4.78 is 28.0. The number of anilines is 1. The van der Waals surface area contributed by atoms with Gasteiger partial charge >= 0.3 is 0 Å². The minimum atomic E-state index is -3.72. The summed E-state index contributed by atoms with van der Waals surface area (Å²) in [6.45, 7) is 0. The molecule has 0 fully saturated rings. The highest BCUT2D eigenvalue weighted by Crippen LogP contribution is 2.15. The van der Waals surface area contributed by atoms with Gasteiger partial charge in [0.25, 0.3) is 10.0 Å². The van der Waals surface area contributed by atoms with Crippen LogP contribution >= 0.6 is 0 Å². The summed E-state index contributed by atoms with van der Waals surface area (Å²) in [6.07, 6.45) is 0. The molecular formula is C11H18N4O2S. The molecule has 100 valence electrons. The van der Waals surface area contributed by atoms with Crippen LogP contribution in [0.3, 0.4) is 0 Å². The Hall–Kier alpha value is -1.76. The van der Waals surface area contributed by atoms with Gasteiger partial charge in [0.15, 0.2) is 0 Å². The molecule has 0 heterocycles. The van der Waals surface area contributed by atoms with Crippen LogP contribution in [0.5, 0.6) is 0 Å². The van der Waals surface area contributed by atoms with Gasteiger partial charge in [0.2, 0.25) is 5.96 Å². The lowest BCUT2D eigenvalue weighted by Gasteiger charge is -2.22. The van der Waals surface area contributed by atoms with Gasteiger partial charge in [-0.1, -0.05) is 0 Å². The molecule has 7 heteroatoms. The number of rotatable bonds is 2. The van der Waals surface area contributed by atoms with Crippen molar-refractivity contribution in [3.63, 3.8) is 0 Å². The molecule has 0 bridgehead atoms. The van der Waals surface area contributed by atoms with Gasteiger partial charge in [-0.3, -0.25) is 0 Å². The maximum absolute atomic E-state index is 12.1. The summed E-state index contributed by atoms with van der Waals surface area (Å²) in [4.78, 5) is 3.39. The van der Waals surface area contributed by atoms with E-state index >= 15 is 0 Å². The standard InChI is InChI=1S/C11H18N4O2S/c1-14(2)11(15(3)4)13-18(16,17)10-7-5-9(12)6-8-10/h5-8H,12H2,1-4H3. The van der Waals surface area contributed by atoms with Crippen LogP contribution in [0.15, 0.2) is 33.6 Å². The summed E-state index contributed by atoms with van der Waals surface area (Å²) in [6, 6.07) is 5.95. The van der Waals surface area contributed by atoms with Crippen LogP contribution in [0.1, 0.15) is 0 Å². The van der Waals surface area contributed by atoms with Crippen LogP contribution in [-0.4, -0.2) is 52.4 Å². The first-order valence-corrected chi connectivity index (χ1v) is 6.73. The summed E-state index contributed by atoms with van der Waals surface area (Å²) in [7, 11) is 3.22. The van der Waals surface area contributed by atoms with Gasteiger partial charge in [0.1, 0.15) is 0 Å². The van der Waals surface area contributed by atoms with E-state index in [0.717, 1.165) is 0 Å². The van der Waals surface area contributed by atoms with E-state index in [1.54, 1.807) is 38.0 Å². The molecular weight excluding hydrogens is 252 g/mol. The lowest BCUT2D eigenvalue weighted by molar-refractivity contribution is 0.484. The third-order valence-electron chi connectivity index (χ3n) is 2.18. The van der Waals surface area contributed by atoms with Crippen LogP contribution < -0.4 is 5.73 Å². The lowest BCUT2D eigenvalue weighted by Crippen LogP contribution is -2.36. The van der Waals surface area contributed by atoms with Crippen molar-refractivity contribution in [2.75, 3.05) is 33.9 Å². The van der Waals surface area contributed by atoms with Crippen LogP contribution in [0.25, 0.3) is 0 Å². The van der Waals surface area contributed by atoms with Gasteiger partial charge in [0.05, 0.1) is 4.90 Å². The molecule has 0 atom stereocenters. The Morgan fingerprint density at radius 3 is 1.89 bits per heavy atom. The summed E-state index contributed by atoms with van der Waals surface area (Å²) in [5, 5.41) is 0. The molecule has 18 heavy (non-hydrogen) atoms. The molecule has 0 radical (unpaired) electrons. The first-order chi connectivity index (χ1) is 8.24. The number of hydrogen-bond acceptors (Lipinski definition) is 3. The molecule has 0 aliphatic rings. The number of sulfonamides is 1. The Balaban J connectivity index is 3.22. The van der Waals surface area contributed by atoms with Crippen LogP contribution in [0.4, 0.5) is 5.69 Å². The SMILES string of the molecule is CN(C)C(=NS(=O)(=O)c1ccc(N)cc1)N(C)C. The highest BCUT2D eigenvalue weighted by atomic mass is 32.2. The average molecular weight is 270 g/mol. The number of nitrogen functional groups attached to an aromatic ring is 1. The highest BCUT2D eigenvalue weighted by molar-refractivity contribution is 7.90. The molecule has 0 aromatic heterocycles. The number of nitrogens with two attached hydrogens (primary N) is 1. The fourth-order valence-corrected chi connectivity index (χ4v) is 2.49. The molecule has 0 saturated heterocycles. The molecule has 0 unspecified atom stereocenters. The molecule has 0 saturated carbocycles. The molecule has 0 spiro atoms. The third kappa shape index (κ3) is 3.36. The van der Waals surface area contributed by atoms with E-state index in [-0.39, 0.29) is 4.90 Å². The van der Waals surface area contributed by atoms with E-state index in [1.165, 1.54) is 24.3 Å². The van der Waals surface area contributed by atoms with E-state index in [4.69, 9.17) is 5.73 Å². The Labute approximate surface area is 108 Å². The van der Waals surface area contributed by atoms with Crippen molar-refractivity contribution in [1.82, 2.24) is 9.80 Å². The van der Waals surface area contributed by atoms with Gasteiger partial charge in [-0.25, -0.2) is 0 Å². The summed E-state index contributed by atoms with van der Waals surface area (Å²) >= 11 is 0. The van der Waals surface area contributed by atoms with Crippen molar-refractivity contribution < 1.29 is 8.42 Å². The predicted octanol–water partition coefficient (Wildman–Crippen LogP) is 0.437. The third-order valence-corrected chi connectivity index (χ3v) is 3.45. The zero-order valence-electron chi connectivity index (χ0n) is 11.0. The highest BCUT2D eigenvalue weighted by Gasteiger charge is 2.16. The van der Waals surface area contributed by atoms with Crippen molar-refractivity contribution in [2.45, 2.75) is 4.90 Å². The van der Waals surface area contributed by atoms with Crippen LogP contribution in [0.2, 0.25) is 0 Å². The maximum Gasteiger partial charge on any atom is 0.285 e. The number of benzene rings is 1. The quantitative estimate of drug-likeness (QED) is 0.479. The minimum absolute atomic E-state index is 0.123. The average Bonchev–Trinajstić information content (AvgIpc) is 2.26. The molecule has 0 aliphatic carbocycles. The van der Waals surface area contributed by atoms with Gasteiger partial charge in [-0.2, -0.15) is 8.42 Å². The van der Waals surface area contributed by atoms with Crippen molar-refractivity contribution in [3.8, 4) is 0 Å². The topological polar surface area (TPSA) is 79.0 Å². The van der Waals surface area contributed by atoms with Gasteiger partial charge in [0, 0.05) is 33.9 Å². The Morgan fingerprint density at radius 2 is 1.50 bits per heavy atom. The molecule has 1 aromatic rings. The van der Waals surface area contributed by atoms with Gasteiger partial charge in [-0.15, -0.1) is 4.40 Å². The monoisotopic (exact) mass is 270 g/mol. The van der Waals surface area contributed by atoms with E-state index < -0.39 is 10.0 Å². The van der Waals surface area contributed by atoms with E-state index in [9.17, 15) is 8.42 Å². The maximum atomic E-state index is 12.1. The largest absolute Gasteiger partial charge is 0.399 e. The molecule has 1 rings (SSSR count). The smallest absolute Gasteiger partial charge is 0.285 e. The number of hydrogen-bond donors (Lipinski definition) is 1. The first kappa shape index (κ1) is 14.3. The van der Waals surface area contributed by atoms with Crippen LogP contribution in [0, 0.1) is 0 Å². The molecule has 6 nitrogen and oxygen atoms in total. The van der Waals surface area contributed by atoms with Gasteiger partial charge in [-0.05, 0) is 24.3 Å². The van der Waals surface area contributed by atoms with E-state index in [0.29, 0.717) is 11.6 Å². The zero-order valence-corrected chi connectivity index (χ0v) is 11.8. The van der Waals surface area contributed by atoms with Crippen molar-refractivity contribution in [3.05, 3.63) is 24.3 Å². The molecule has 2 N–H and O–H groups in total. The van der Waals surface area contributed by atoms with Gasteiger partial charge < -0.3 is 15.5 Å². The lowest BCUT2D eigenvalue weighted by atomic mass is 10.3. The molecule has 1 aromatic carbocycles. The zero-order chi connectivity index (χ0) is 13.9. The van der Waals surface area contributed by atoms with Crippen LogP contribution in [-0.2, 0) is 10.0 Å². The second kappa shape index (κ2) is 5.26. The van der Waals surface area contributed by atoms with E-state index in [2.05, 4.69) is 4.40 Å². The number of guanidine groups is 1. The predicted molar refractivity (Wildman–Crippen MR) is 72.8 cm³/mol. The fourth-order valence-electron chi connectivity index (χ4n) is 1.36. The number of nitrogens with zero attached hydrogens (tertiary/aromatic N) is 3. The summed E-state index contributed by atoms with van der Waals surface area (Å²) in [5.74, 6) is 0.354. The van der Waals surface area contributed by atoms with Crippen molar-refractivity contribution in [2.24, 2.45) is 4.40 Å².